The van der Waals surface area contributed by atoms with Crippen LogP contribution >= 0.6 is 0 Å². The van der Waals surface area contributed by atoms with Gasteiger partial charge in [0, 0.05) is 24.9 Å². The molecule has 0 aromatic carbocycles. The number of carbonyl (C=O) groups is 4. The zero-order valence-corrected chi connectivity index (χ0v) is 19.3. The van der Waals surface area contributed by atoms with E-state index in [2.05, 4.69) is 25.9 Å². The van der Waals surface area contributed by atoms with Crippen LogP contribution in [-0.4, -0.2) is 87.5 Å². The highest BCUT2D eigenvalue weighted by Gasteiger charge is 2.39. The van der Waals surface area contributed by atoms with E-state index in [9.17, 15) is 24.3 Å². The molecular weight excluding hydrogens is 442 g/mol. The third-order valence-electron chi connectivity index (χ3n) is 6.37. The molecule has 3 amide bonds. The van der Waals surface area contributed by atoms with Crippen LogP contribution in [0.25, 0.3) is 0 Å². The van der Waals surface area contributed by atoms with Gasteiger partial charge in [0.15, 0.2) is 0 Å². The van der Waals surface area contributed by atoms with E-state index in [-0.39, 0.29) is 24.8 Å². The number of nitrogens with two attached hydrogens (primary N) is 1. The molecule has 0 saturated carbocycles. The molecule has 0 aliphatic carbocycles. The molecule has 3 rings (SSSR count). The quantitative estimate of drug-likeness (QED) is 0.205. The van der Waals surface area contributed by atoms with Crippen molar-refractivity contribution in [2.45, 2.75) is 75.5 Å². The van der Waals surface area contributed by atoms with Crippen molar-refractivity contribution >= 4 is 23.7 Å². The molecule has 34 heavy (non-hydrogen) atoms. The SMILES string of the molecule is NCCCCC(NC(=O)C(Cc1cnc[nH]1)NC(=O)C1CCCN1C(=O)C1CCCN1)C(=O)O. The molecule has 0 bridgehead atoms. The molecule has 1 aromatic rings. The summed E-state index contributed by atoms with van der Waals surface area (Å²) in [5, 5.41) is 18.0. The van der Waals surface area contributed by atoms with Gasteiger partial charge in [-0.05, 0) is 58.0 Å². The van der Waals surface area contributed by atoms with Crippen molar-refractivity contribution in [3.05, 3.63) is 18.2 Å². The van der Waals surface area contributed by atoms with Gasteiger partial charge in [0.05, 0.1) is 12.4 Å². The average Bonchev–Trinajstić information content (AvgIpc) is 3.60. The summed E-state index contributed by atoms with van der Waals surface area (Å²) in [4.78, 5) is 59.2. The number of carbonyl (C=O) groups excluding carboxylic acids is 3. The fraction of sp³-hybridized carbons (Fsp3) is 0.682. The monoisotopic (exact) mass is 477 g/mol. The van der Waals surface area contributed by atoms with Crippen molar-refractivity contribution in [1.29, 1.82) is 0 Å². The van der Waals surface area contributed by atoms with Crippen molar-refractivity contribution < 1.29 is 24.3 Å². The van der Waals surface area contributed by atoms with Crippen LogP contribution in [0.4, 0.5) is 0 Å². The minimum Gasteiger partial charge on any atom is -0.480 e. The van der Waals surface area contributed by atoms with Crippen LogP contribution in [0, 0.1) is 0 Å². The zero-order valence-electron chi connectivity index (χ0n) is 19.3. The molecule has 0 spiro atoms. The van der Waals surface area contributed by atoms with Gasteiger partial charge in [0.1, 0.15) is 18.1 Å². The van der Waals surface area contributed by atoms with Crippen molar-refractivity contribution in [2.75, 3.05) is 19.6 Å². The van der Waals surface area contributed by atoms with Gasteiger partial charge >= 0.3 is 5.97 Å². The number of carboxylic acids is 1. The summed E-state index contributed by atoms with van der Waals surface area (Å²) in [5.41, 5.74) is 6.10. The number of aromatic nitrogens is 2. The van der Waals surface area contributed by atoms with Crippen molar-refractivity contribution in [3.63, 3.8) is 0 Å². The van der Waals surface area contributed by atoms with Crippen LogP contribution in [0.15, 0.2) is 12.5 Å². The number of H-pyrrole nitrogens is 1. The number of nitrogens with zero attached hydrogens (tertiary/aromatic N) is 2. The number of nitrogens with one attached hydrogen (secondary N) is 4. The molecule has 4 atom stereocenters. The van der Waals surface area contributed by atoms with E-state index < -0.39 is 35.9 Å². The average molecular weight is 478 g/mol. The minimum atomic E-state index is -1.14. The summed E-state index contributed by atoms with van der Waals surface area (Å²) in [6, 6.07) is -3.04. The molecule has 4 unspecified atom stereocenters. The third kappa shape index (κ3) is 6.76. The van der Waals surface area contributed by atoms with Gasteiger partial charge in [0.2, 0.25) is 17.7 Å². The first-order valence-corrected chi connectivity index (χ1v) is 12.0. The molecule has 2 aliphatic rings. The van der Waals surface area contributed by atoms with Crippen LogP contribution < -0.4 is 21.7 Å². The summed E-state index contributed by atoms with van der Waals surface area (Å²) in [6.07, 6.45) is 7.44. The van der Waals surface area contributed by atoms with E-state index in [1.807, 2.05) is 0 Å². The first-order valence-electron chi connectivity index (χ1n) is 12.0. The molecule has 0 radical (unpaired) electrons. The van der Waals surface area contributed by atoms with E-state index in [4.69, 9.17) is 5.73 Å². The number of imidazole rings is 1. The van der Waals surface area contributed by atoms with Crippen LogP contribution in [-0.2, 0) is 25.6 Å². The second kappa shape index (κ2) is 12.5. The number of rotatable bonds is 12. The number of unbranched alkanes of at least 4 members (excludes halogenated alkanes) is 1. The largest absolute Gasteiger partial charge is 0.480 e. The lowest BCUT2D eigenvalue weighted by Gasteiger charge is -2.28. The maximum absolute atomic E-state index is 13.2. The van der Waals surface area contributed by atoms with Crippen LogP contribution in [0.2, 0.25) is 0 Å². The van der Waals surface area contributed by atoms with Gasteiger partial charge in [-0.25, -0.2) is 9.78 Å². The number of aromatic amines is 1. The van der Waals surface area contributed by atoms with Crippen molar-refractivity contribution in [2.24, 2.45) is 5.73 Å². The van der Waals surface area contributed by atoms with E-state index in [0.717, 1.165) is 19.4 Å². The molecule has 188 valence electrons. The zero-order chi connectivity index (χ0) is 24.5. The standard InChI is InChI=1S/C22H35N7O5/c23-8-2-1-5-16(22(33)34)27-19(30)17(11-14-12-24-13-26-14)28-20(31)18-7-4-10-29(18)21(32)15-6-3-9-25-15/h12-13,15-18,25H,1-11,23H2,(H,24,26)(H,27,30)(H,28,31)(H,33,34). The van der Waals surface area contributed by atoms with Crippen LogP contribution in [0.1, 0.15) is 50.6 Å². The summed E-state index contributed by atoms with van der Waals surface area (Å²) in [6.45, 7) is 1.71. The molecule has 12 nitrogen and oxygen atoms in total. The Labute approximate surface area is 198 Å². The predicted molar refractivity (Wildman–Crippen MR) is 122 cm³/mol. The molecule has 2 aliphatic heterocycles. The molecule has 7 N–H and O–H groups in total. The molecule has 12 heteroatoms. The van der Waals surface area contributed by atoms with E-state index in [1.165, 1.54) is 6.33 Å². The predicted octanol–water partition coefficient (Wildman–Crippen LogP) is -1.12. The van der Waals surface area contributed by atoms with Gasteiger partial charge in [0.25, 0.3) is 0 Å². The molecule has 1 aromatic heterocycles. The van der Waals surface area contributed by atoms with Gasteiger partial charge < -0.3 is 36.7 Å². The number of likely N-dealkylation sites (tertiary alicyclic amines) is 1. The fourth-order valence-electron chi connectivity index (χ4n) is 4.51. The lowest BCUT2D eigenvalue weighted by atomic mass is 10.1. The highest BCUT2D eigenvalue weighted by Crippen LogP contribution is 2.21. The van der Waals surface area contributed by atoms with Crippen molar-refractivity contribution in [3.8, 4) is 0 Å². The second-order valence-corrected chi connectivity index (χ2v) is 8.86. The Morgan fingerprint density at radius 2 is 2.00 bits per heavy atom. The van der Waals surface area contributed by atoms with Gasteiger partial charge in [-0.3, -0.25) is 14.4 Å². The smallest absolute Gasteiger partial charge is 0.326 e. The normalized spacial score (nSPS) is 21.7. The first kappa shape index (κ1) is 25.6. The van der Waals surface area contributed by atoms with E-state index >= 15 is 0 Å². The Hall–Kier alpha value is -2.99. The Morgan fingerprint density at radius 3 is 2.65 bits per heavy atom. The Morgan fingerprint density at radius 1 is 1.18 bits per heavy atom. The maximum atomic E-state index is 13.2. The Bertz CT molecular complexity index is 841. The fourth-order valence-corrected chi connectivity index (χ4v) is 4.51. The van der Waals surface area contributed by atoms with E-state index in [0.29, 0.717) is 44.5 Å². The van der Waals surface area contributed by atoms with Crippen molar-refractivity contribution in [1.82, 2.24) is 30.8 Å². The third-order valence-corrected chi connectivity index (χ3v) is 6.37. The number of carboxylic acid groups (broad SMARTS) is 1. The number of hydrogen-bond donors (Lipinski definition) is 6. The molecule has 3 heterocycles. The topological polar surface area (TPSA) is 183 Å². The second-order valence-electron chi connectivity index (χ2n) is 8.86. The number of amides is 3. The highest BCUT2D eigenvalue weighted by molar-refractivity contribution is 5.94. The van der Waals surface area contributed by atoms with Gasteiger partial charge in [-0.2, -0.15) is 0 Å². The molecule has 2 fully saturated rings. The Kier molecular flexibility index (Phi) is 9.40. The summed E-state index contributed by atoms with van der Waals surface area (Å²) in [5.74, 6) is -2.25. The molecular formula is C22H35N7O5. The number of aliphatic carboxylic acids is 1. The van der Waals surface area contributed by atoms with E-state index in [1.54, 1.807) is 11.1 Å². The molecule has 2 saturated heterocycles. The van der Waals surface area contributed by atoms with Gasteiger partial charge in [-0.1, -0.05) is 0 Å². The Balaban J connectivity index is 1.68. The summed E-state index contributed by atoms with van der Waals surface area (Å²) >= 11 is 0. The first-order chi connectivity index (χ1) is 16.4. The number of hydrogen-bond acceptors (Lipinski definition) is 7. The minimum absolute atomic E-state index is 0.0874. The van der Waals surface area contributed by atoms with Gasteiger partial charge in [-0.15, -0.1) is 0 Å². The summed E-state index contributed by atoms with van der Waals surface area (Å²) < 4.78 is 0. The van der Waals surface area contributed by atoms with Crippen LogP contribution in [0.5, 0.6) is 0 Å². The lowest BCUT2D eigenvalue weighted by molar-refractivity contribution is -0.143. The summed E-state index contributed by atoms with van der Waals surface area (Å²) in [7, 11) is 0. The van der Waals surface area contributed by atoms with Crippen LogP contribution in [0.3, 0.4) is 0 Å². The lowest BCUT2D eigenvalue weighted by Crippen LogP contribution is -2.57. The maximum Gasteiger partial charge on any atom is 0.326 e. The highest BCUT2D eigenvalue weighted by atomic mass is 16.4.